The van der Waals surface area contributed by atoms with E-state index in [1.165, 1.54) is 13.0 Å². The standard InChI is InChI=1S/C16H12O4/c1-8-4-3-5-10-11-6-7-12(18)14(9(2)17)15(11)20-16(19)13(8)10/h3-7,18H,1-2H3. The highest BCUT2D eigenvalue weighted by atomic mass is 16.4. The number of hydrogen-bond donors (Lipinski definition) is 1. The normalized spacial score (nSPS) is 11.1. The highest BCUT2D eigenvalue weighted by Crippen LogP contribution is 2.31. The van der Waals surface area contributed by atoms with Crippen molar-refractivity contribution in [3.63, 3.8) is 0 Å². The van der Waals surface area contributed by atoms with Gasteiger partial charge >= 0.3 is 5.63 Å². The first kappa shape index (κ1) is 12.4. The van der Waals surface area contributed by atoms with E-state index in [0.717, 1.165) is 10.9 Å². The third-order valence-corrected chi connectivity index (χ3v) is 3.45. The molecule has 0 fully saturated rings. The topological polar surface area (TPSA) is 67.5 Å². The number of aryl methyl sites for hydroxylation is 1. The maximum absolute atomic E-state index is 12.1. The van der Waals surface area contributed by atoms with Gasteiger partial charge in [-0.1, -0.05) is 18.2 Å². The number of phenolic OH excluding ortho intramolecular Hbond substituents is 1. The van der Waals surface area contributed by atoms with Gasteiger partial charge in [-0.2, -0.15) is 0 Å². The van der Waals surface area contributed by atoms with Crippen molar-refractivity contribution in [2.45, 2.75) is 13.8 Å². The number of carbonyl (C=O) groups excluding carboxylic acids is 1. The fourth-order valence-electron chi connectivity index (χ4n) is 2.54. The Hall–Kier alpha value is -2.62. The second-order valence-electron chi connectivity index (χ2n) is 4.78. The summed E-state index contributed by atoms with van der Waals surface area (Å²) >= 11 is 0. The van der Waals surface area contributed by atoms with Crippen LogP contribution >= 0.6 is 0 Å². The van der Waals surface area contributed by atoms with E-state index in [1.807, 2.05) is 25.1 Å². The van der Waals surface area contributed by atoms with E-state index in [1.54, 1.807) is 6.07 Å². The van der Waals surface area contributed by atoms with Gasteiger partial charge in [-0.25, -0.2) is 4.79 Å². The van der Waals surface area contributed by atoms with Crippen molar-refractivity contribution in [2.24, 2.45) is 0 Å². The predicted octanol–water partition coefficient (Wildman–Crippen LogP) is 3.16. The van der Waals surface area contributed by atoms with E-state index in [4.69, 9.17) is 4.42 Å². The molecule has 1 heterocycles. The summed E-state index contributed by atoms with van der Waals surface area (Å²) in [5.74, 6) is -0.525. The zero-order valence-corrected chi connectivity index (χ0v) is 11.1. The van der Waals surface area contributed by atoms with Gasteiger partial charge < -0.3 is 9.52 Å². The van der Waals surface area contributed by atoms with Crippen molar-refractivity contribution in [3.8, 4) is 5.75 Å². The summed E-state index contributed by atoms with van der Waals surface area (Å²) < 4.78 is 5.29. The largest absolute Gasteiger partial charge is 0.507 e. The van der Waals surface area contributed by atoms with Gasteiger partial charge in [0.25, 0.3) is 0 Å². The summed E-state index contributed by atoms with van der Waals surface area (Å²) in [6, 6.07) is 8.58. The number of benzene rings is 2. The number of carbonyl (C=O) groups is 1. The summed E-state index contributed by atoms with van der Waals surface area (Å²) in [6.45, 7) is 3.16. The van der Waals surface area contributed by atoms with Crippen molar-refractivity contribution in [2.75, 3.05) is 0 Å². The van der Waals surface area contributed by atoms with Gasteiger partial charge in [-0.3, -0.25) is 4.79 Å². The van der Waals surface area contributed by atoms with Crippen molar-refractivity contribution < 1.29 is 14.3 Å². The Bertz CT molecular complexity index is 919. The Labute approximate surface area is 114 Å². The summed E-state index contributed by atoms with van der Waals surface area (Å²) in [6.07, 6.45) is 0. The van der Waals surface area contributed by atoms with Gasteiger partial charge in [0.05, 0.1) is 5.39 Å². The minimum atomic E-state index is -0.501. The van der Waals surface area contributed by atoms with Gasteiger partial charge in [0.2, 0.25) is 0 Å². The smallest absolute Gasteiger partial charge is 0.344 e. The highest BCUT2D eigenvalue weighted by Gasteiger charge is 2.17. The molecule has 0 aliphatic rings. The summed E-state index contributed by atoms with van der Waals surface area (Å²) in [5.41, 5.74) is 0.498. The Morgan fingerprint density at radius 2 is 1.90 bits per heavy atom. The van der Waals surface area contributed by atoms with Gasteiger partial charge in [0, 0.05) is 10.8 Å². The summed E-state index contributed by atoms with van der Waals surface area (Å²) in [5, 5.41) is 11.7. The van der Waals surface area contributed by atoms with Crippen LogP contribution in [0, 0.1) is 6.92 Å². The molecule has 0 saturated carbocycles. The average molecular weight is 268 g/mol. The van der Waals surface area contributed by atoms with E-state index < -0.39 is 5.63 Å². The third-order valence-electron chi connectivity index (χ3n) is 3.45. The van der Waals surface area contributed by atoms with Crippen molar-refractivity contribution in [3.05, 3.63) is 51.9 Å². The lowest BCUT2D eigenvalue weighted by Gasteiger charge is -2.08. The molecular weight excluding hydrogens is 256 g/mol. The van der Waals surface area contributed by atoms with Crippen LogP contribution in [0.1, 0.15) is 22.8 Å². The molecule has 0 aliphatic carbocycles. The molecule has 0 spiro atoms. The maximum Gasteiger partial charge on any atom is 0.344 e. The number of aromatic hydroxyl groups is 1. The lowest BCUT2D eigenvalue weighted by molar-refractivity contribution is 0.101. The Kier molecular flexibility index (Phi) is 2.61. The van der Waals surface area contributed by atoms with Crippen LogP contribution in [0.5, 0.6) is 5.75 Å². The first-order valence-corrected chi connectivity index (χ1v) is 6.19. The fourth-order valence-corrected chi connectivity index (χ4v) is 2.54. The van der Waals surface area contributed by atoms with Crippen LogP contribution in [0.15, 0.2) is 39.5 Å². The Morgan fingerprint density at radius 3 is 2.60 bits per heavy atom. The molecule has 3 aromatic rings. The first-order chi connectivity index (χ1) is 9.50. The Morgan fingerprint density at radius 1 is 1.15 bits per heavy atom. The van der Waals surface area contributed by atoms with Crippen molar-refractivity contribution in [1.82, 2.24) is 0 Å². The number of ketones is 1. The molecule has 1 aromatic heterocycles. The average Bonchev–Trinajstić information content (AvgIpc) is 2.37. The van der Waals surface area contributed by atoms with Crippen LogP contribution in [-0.2, 0) is 0 Å². The van der Waals surface area contributed by atoms with Crippen molar-refractivity contribution in [1.29, 1.82) is 0 Å². The van der Waals surface area contributed by atoms with Gasteiger partial charge in [0.15, 0.2) is 11.4 Å². The summed E-state index contributed by atoms with van der Waals surface area (Å²) in [7, 11) is 0. The fraction of sp³-hybridized carbons (Fsp3) is 0.125. The highest BCUT2D eigenvalue weighted by molar-refractivity contribution is 6.14. The van der Waals surface area contributed by atoms with Crippen LogP contribution in [0.25, 0.3) is 21.7 Å². The second kappa shape index (κ2) is 4.20. The lowest BCUT2D eigenvalue weighted by Crippen LogP contribution is -2.04. The molecule has 0 bridgehead atoms. The quantitative estimate of drug-likeness (QED) is 0.418. The number of rotatable bonds is 1. The van der Waals surface area contributed by atoms with E-state index in [2.05, 4.69) is 0 Å². The second-order valence-corrected chi connectivity index (χ2v) is 4.78. The van der Waals surface area contributed by atoms with Gasteiger partial charge in [0.1, 0.15) is 11.3 Å². The molecule has 2 aromatic carbocycles. The van der Waals surface area contributed by atoms with Crippen LogP contribution in [0.4, 0.5) is 0 Å². The minimum Gasteiger partial charge on any atom is -0.507 e. The number of hydrogen-bond acceptors (Lipinski definition) is 4. The molecule has 0 amide bonds. The molecule has 100 valence electrons. The third kappa shape index (κ3) is 1.61. The molecule has 4 nitrogen and oxygen atoms in total. The molecule has 0 atom stereocenters. The number of Topliss-reactive ketones (excluding diaryl/α,β-unsaturated/α-hetero) is 1. The number of fused-ring (bicyclic) bond motifs is 3. The number of phenols is 1. The van der Waals surface area contributed by atoms with Crippen LogP contribution in [-0.4, -0.2) is 10.9 Å². The zero-order valence-electron chi connectivity index (χ0n) is 11.1. The van der Waals surface area contributed by atoms with E-state index in [9.17, 15) is 14.7 Å². The maximum atomic E-state index is 12.1. The molecule has 3 rings (SSSR count). The molecule has 0 radical (unpaired) electrons. The SMILES string of the molecule is CC(=O)c1c(O)ccc2c1oc(=O)c1c(C)cccc12. The first-order valence-electron chi connectivity index (χ1n) is 6.19. The van der Waals surface area contributed by atoms with Crippen LogP contribution in [0.2, 0.25) is 0 Å². The lowest BCUT2D eigenvalue weighted by atomic mass is 10.0. The Balaban J connectivity index is 2.66. The molecular formula is C16H12O4. The molecule has 1 N–H and O–H groups in total. The van der Waals surface area contributed by atoms with E-state index in [0.29, 0.717) is 10.8 Å². The van der Waals surface area contributed by atoms with Gasteiger partial charge in [-0.15, -0.1) is 0 Å². The van der Waals surface area contributed by atoms with E-state index in [-0.39, 0.29) is 22.7 Å². The predicted molar refractivity (Wildman–Crippen MR) is 76.4 cm³/mol. The van der Waals surface area contributed by atoms with Crippen molar-refractivity contribution >= 4 is 27.5 Å². The molecule has 0 unspecified atom stereocenters. The van der Waals surface area contributed by atoms with Crippen LogP contribution < -0.4 is 5.63 Å². The molecule has 20 heavy (non-hydrogen) atoms. The van der Waals surface area contributed by atoms with E-state index >= 15 is 0 Å². The molecule has 0 saturated heterocycles. The molecule has 0 aliphatic heterocycles. The monoisotopic (exact) mass is 268 g/mol. The minimum absolute atomic E-state index is 0.0445. The van der Waals surface area contributed by atoms with Crippen LogP contribution in [0.3, 0.4) is 0 Å². The molecule has 4 heteroatoms. The zero-order chi connectivity index (χ0) is 14.4. The summed E-state index contributed by atoms with van der Waals surface area (Å²) in [4.78, 5) is 23.8. The van der Waals surface area contributed by atoms with Gasteiger partial charge in [-0.05, 0) is 31.5 Å².